The average Bonchev–Trinajstić information content (AvgIpc) is 3.02. The molecule has 3 heterocycles. The molecule has 162 valence electrons. The van der Waals surface area contributed by atoms with Crippen LogP contribution in [-0.2, 0) is 11.3 Å². The zero-order chi connectivity index (χ0) is 21.7. The van der Waals surface area contributed by atoms with Crippen molar-refractivity contribution in [1.82, 2.24) is 9.55 Å². The monoisotopic (exact) mass is 426 g/mol. The van der Waals surface area contributed by atoms with E-state index in [4.69, 9.17) is 4.74 Å². The molecule has 6 nitrogen and oxygen atoms in total. The fourth-order valence-corrected chi connectivity index (χ4v) is 4.15. The van der Waals surface area contributed by atoms with Gasteiger partial charge in [-0.3, -0.25) is 9.36 Å². The summed E-state index contributed by atoms with van der Waals surface area (Å²) in [6.07, 6.45) is -4.67. The highest BCUT2D eigenvalue weighted by Gasteiger charge is 2.61. The molecule has 1 fully saturated rings. The maximum absolute atomic E-state index is 14.4. The van der Waals surface area contributed by atoms with Crippen LogP contribution in [0.15, 0.2) is 35.1 Å². The van der Waals surface area contributed by atoms with Crippen LogP contribution in [0, 0.1) is 5.82 Å². The van der Waals surface area contributed by atoms with Crippen molar-refractivity contribution in [3.63, 3.8) is 0 Å². The number of hydrogen-bond acceptors (Lipinski definition) is 5. The number of hydrogen-bond donors (Lipinski definition) is 0. The van der Waals surface area contributed by atoms with E-state index in [0.717, 1.165) is 16.4 Å². The van der Waals surface area contributed by atoms with Crippen LogP contribution in [0.2, 0.25) is 0 Å². The second-order valence-electron chi connectivity index (χ2n) is 7.78. The summed E-state index contributed by atoms with van der Waals surface area (Å²) in [4.78, 5) is 20.0. The number of anilines is 2. The van der Waals surface area contributed by atoms with Gasteiger partial charge in [0, 0.05) is 24.7 Å². The summed E-state index contributed by atoms with van der Waals surface area (Å²) in [6.45, 7) is 3.74. The molecule has 0 saturated carbocycles. The SMILES string of the molecule is CC(c1ccccc1F)N1c2nc(N3CCOCC3)cc(=O)n2CC1(C)C(F)(F)F. The van der Waals surface area contributed by atoms with Crippen LogP contribution >= 0.6 is 0 Å². The van der Waals surface area contributed by atoms with Gasteiger partial charge in [-0.1, -0.05) is 18.2 Å². The minimum absolute atomic E-state index is 0.104. The van der Waals surface area contributed by atoms with Gasteiger partial charge in [-0.2, -0.15) is 18.2 Å². The van der Waals surface area contributed by atoms with E-state index in [1.165, 1.54) is 31.2 Å². The number of ether oxygens (including phenoxy) is 1. The fourth-order valence-electron chi connectivity index (χ4n) is 4.15. The molecule has 0 amide bonds. The van der Waals surface area contributed by atoms with E-state index in [-0.39, 0.29) is 11.5 Å². The standard InChI is InChI=1S/C20H22F4N4O2/c1-13(14-5-3-4-6-15(14)21)28-18-25-16(26-7-9-30-10-8-26)11-17(29)27(18)12-19(28,2)20(22,23)24/h3-6,11,13H,7-10,12H2,1-2H3. The van der Waals surface area contributed by atoms with Gasteiger partial charge in [0.05, 0.1) is 25.8 Å². The highest BCUT2D eigenvalue weighted by molar-refractivity contribution is 5.52. The second-order valence-corrected chi connectivity index (χ2v) is 7.78. The molecule has 4 rings (SSSR count). The molecule has 0 N–H and O–H groups in total. The molecule has 0 bridgehead atoms. The van der Waals surface area contributed by atoms with Crippen LogP contribution in [-0.4, -0.2) is 47.6 Å². The highest BCUT2D eigenvalue weighted by Crippen LogP contribution is 2.47. The summed E-state index contributed by atoms with van der Waals surface area (Å²) in [5, 5.41) is 0. The largest absolute Gasteiger partial charge is 0.413 e. The summed E-state index contributed by atoms with van der Waals surface area (Å²) >= 11 is 0. The molecule has 0 spiro atoms. The highest BCUT2D eigenvalue weighted by atomic mass is 19.4. The minimum atomic E-state index is -4.67. The molecule has 0 radical (unpaired) electrons. The van der Waals surface area contributed by atoms with Gasteiger partial charge in [0.2, 0.25) is 5.95 Å². The summed E-state index contributed by atoms with van der Waals surface area (Å²) < 4.78 is 63.4. The Morgan fingerprint density at radius 2 is 1.87 bits per heavy atom. The third kappa shape index (κ3) is 3.23. The molecule has 2 aliphatic heterocycles. The number of nitrogens with zero attached hydrogens (tertiary/aromatic N) is 4. The molecule has 2 aliphatic rings. The van der Waals surface area contributed by atoms with Crippen molar-refractivity contribution >= 4 is 11.8 Å². The van der Waals surface area contributed by atoms with Crippen LogP contribution in [0.4, 0.5) is 29.3 Å². The van der Waals surface area contributed by atoms with E-state index in [1.54, 1.807) is 11.0 Å². The quantitative estimate of drug-likeness (QED) is 0.706. The van der Waals surface area contributed by atoms with E-state index in [9.17, 15) is 22.4 Å². The van der Waals surface area contributed by atoms with Crippen molar-refractivity contribution in [1.29, 1.82) is 0 Å². The Labute approximate surface area is 170 Å². The number of rotatable bonds is 3. The predicted octanol–water partition coefficient (Wildman–Crippen LogP) is 3.12. The first kappa shape index (κ1) is 20.6. The molecule has 0 aliphatic carbocycles. The van der Waals surface area contributed by atoms with E-state index in [1.807, 2.05) is 0 Å². The van der Waals surface area contributed by atoms with Gasteiger partial charge in [0.1, 0.15) is 11.6 Å². The van der Waals surface area contributed by atoms with Crippen molar-refractivity contribution in [2.75, 3.05) is 36.1 Å². The summed E-state index contributed by atoms with van der Waals surface area (Å²) in [7, 11) is 0. The van der Waals surface area contributed by atoms with Gasteiger partial charge >= 0.3 is 6.18 Å². The van der Waals surface area contributed by atoms with Gasteiger partial charge in [0.25, 0.3) is 5.56 Å². The van der Waals surface area contributed by atoms with Crippen molar-refractivity contribution in [3.05, 3.63) is 52.1 Å². The molecule has 2 unspecified atom stereocenters. The Morgan fingerprint density at radius 3 is 2.50 bits per heavy atom. The smallest absolute Gasteiger partial charge is 0.378 e. The maximum atomic E-state index is 14.4. The van der Waals surface area contributed by atoms with E-state index < -0.39 is 35.7 Å². The molecule has 1 aromatic carbocycles. The van der Waals surface area contributed by atoms with Crippen LogP contribution < -0.4 is 15.4 Å². The lowest BCUT2D eigenvalue weighted by molar-refractivity contribution is -0.183. The lowest BCUT2D eigenvalue weighted by Crippen LogP contribution is -2.56. The Morgan fingerprint density at radius 1 is 1.20 bits per heavy atom. The Balaban J connectivity index is 1.87. The molecule has 2 atom stereocenters. The molecule has 10 heteroatoms. The number of alkyl halides is 3. The first-order valence-corrected chi connectivity index (χ1v) is 9.68. The predicted molar refractivity (Wildman–Crippen MR) is 103 cm³/mol. The topological polar surface area (TPSA) is 50.6 Å². The first-order valence-electron chi connectivity index (χ1n) is 9.68. The third-order valence-electron chi connectivity index (χ3n) is 5.88. The van der Waals surface area contributed by atoms with Crippen molar-refractivity contribution < 1.29 is 22.3 Å². The van der Waals surface area contributed by atoms with E-state index in [0.29, 0.717) is 32.1 Å². The Hall–Kier alpha value is -2.62. The lowest BCUT2D eigenvalue weighted by atomic mass is 9.96. The van der Waals surface area contributed by atoms with Gasteiger partial charge in [-0.25, -0.2) is 4.39 Å². The molecular weight excluding hydrogens is 404 g/mol. The second kappa shape index (κ2) is 7.26. The molecular formula is C20H22F4N4O2. The van der Waals surface area contributed by atoms with Gasteiger partial charge < -0.3 is 14.5 Å². The third-order valence-corrected chi connectivity index (χ3v) is 5.88. The Kier molecular flexibility index (Phi) is 5.00. The first-order chi connectivity index (χ1) is 14.1. The van der Waals surface area contributed by atoms with E-state index in [2.05, 4.69) is 4.98 Å². The van der Waals surface area contributed by atoms with E-state index >= 15 is 0 Å². The zero-order valence-corrected chi connectivity index (χ0v) is 16.6. The van der Waals surface area contributed by atoms with Crippen molar-refractivity contribution in [2.45, 2.75) is 38.1 Å². The lowest BCUT2D eigenvalue weighted by Gasteiger charge is -2.40. The number of morpholine rings is 1. The summed E-state index contributed by atoms with van der Waals surface area (Å²) in [5.74, 6) is -0.425. The number of fused-ring (bicyclic) bond motifs is 1. The van der Waals surface area contributed by atoms with Gasteiger partial charge in [0.15, 0.2) is 5.54 Å². The summed E-state index contributed by atoms with van der Waals surface area (Å²) in [6, 6.07) is 5.95. The number of aromatic nitrogens is 2. The summed E-state index contributed by atoms with van der Waals surface area (Å²) in [5.41, 5.74) is -2.88. The normalized spacial score (nSPS) is 22.9. The van der Waals surface area contributed by atoms with Crippen LogP contribution in [0.5, 0.6) is 0 Å². The fraction of sp³-hybridized carbons (Fsp3) is 0.500. The van der Waals surface area contributed by atoms with Gasteiger partial charge in [-0.15, -0.1) is 0 Å². The van der Waals surface area contributed by atoms with Crippen LogP contribution in [0.1, 0.15) is 25.5 Å². The average molecular weight is 426 g/mol. The van der Waals surface area contributed by atoms with Crippen LogP contribution in [0.25, 0.3) is 0 Å². The maximum Gasteiger partial charge on any atom is 0.413 e. The van der Waals surface area contributed by atoms with Crippen LogP contribution in [0.3, 0.4) is 0 Å². The number of benzene rings is 1. The molecule has 1 saturated heterocycles. The molecule has 30 heavy (non-hydrogen) atoms. The van der Waals surface area contributed by atoms with Crippen molar-refractivity contribution in [3.8, 4) is 0 Å². The minimum Gasteiger partial charge on any atom is -0.378 e. The Bertz CT molecular complexity index is 1000. The van der Waals surface area contributed by atoms with Crippen molar-refractivity contribution in [2.24, 2.45) is 0 Å². The molecule has 1 aromatic heterocycles. The zero-order valence-electron chi connectivity index (χ0n) is 16.6. The number of halogens is 4. The van der Waals surface area contributed by atoms with Gasteiger partial charge in [-0.05, 0) is 19.9 Å². The molecule has 2 aromatic rings.